The molecule has 2 amide bonds. The summed E-state index contributed by atoms with van der Waals surface area (Å²) in [5, 5.41) is 4.94. The lowest BCUT2D eigenvalue weighted by Gasteiger charge is -2.15. The van der Waals surface area contributed by atoms with E-state index in [9.17, 15) is 9.59 Å². The number of para-hydroxylation sites is 1. The number of hydrogen-bond donors (Lipinski definition) is 2. The molecule has 5 nitrogen and oxygen atoms in total. The fourth-order valence-corrected chi connectivity index (χ4v) is 5.98. The first-order chi connectivity index (χ1) is 15.9. The number of pyridine rings is 1. The number of primary amides is 1. The topological polar surface area (TPSA) is 85.1 Å². The van der Waals surface area contributed by atoms with Gasteiger partial charge in [0.05, 0.1) is 22.3 Å². The molecule has 2 heterocycles. The summed E-state index contributed by atoms with van der Waals surface area (Å²) >= 11 is 7.53. The second-order valence-corrected chi connectivity index (χ2v) is 9.76. The average Bonchev–Trinajstić information content (AvgIpc) is 3.17. The molecule has 166 valence electrons. The molecule has 7 heteroatoms. The first-order valence-electron chi connectivity index (χ1n) is 10.8. The van der Waals surface area contributed by atoms with Gasteiger partial charge in [-0.05, 0) is 61.9 Å². The molecule has 0 spiro atoms. The van der Waals surface area contributed by atoms with Gasteiger partial charge in [0, 0.05) is 20.8 Å². The molecular weight excluding hydrogens is 454 g/mol. The van der Waals surface area contributed by atoms with Crippen molar-refractivity contribution in [3.63, 3.8) is 0 Å². The Labute approximate surface area is 200 Å². The van der Waals surface area contributed by atoms with Gasteiger partial charge in [-0.1, -0.05) is 41.9 Å². The van der Waals surface area contributed by atoms with Gasteiger partial charge in [0.1, 0.15) is 5.00 Å². The SMILES string of the molecule is Cc1c(-c2ccc(Cl)cc2)nc2ccccc2c1C(=O)Nc1sc2c(c1C(N)=O)CCCC2. The zero-order valence-corrected chi connectivity index (χ0v) is 19.6. The van der Waals surface area contributed by atoms with E-state index in [0.717, 1.165) is 63.8 Å². The van der Waals surface area contributed by atoms with Gasteiger partial charge in [-0.3, -0.25) is 9.59 Å². The summed E-state index contributed by atoms with van der Waals surface area (Å²) in [5.74, 6) is -0.773. The van der Waals surface area contributed by atoms with Crippen LogP contribution < -0.4 is 11.1 Å². The molecule has 0 radical (unpaired) electrons. The number of nitrogens with one attached hydrogen (secondary N) is 1. The minimum atomic E-state index is -0.497. The number of amides is 2. The van der Waals surface area contributed by atoms with Gasteiger partial charge in [-0.15, -0.1) is 11.3 Å². The zero-order chi connectivity index (χ0) is 23.1. The predicted octanol–water partition coefficient (Wildman–Crippen LogP) is 6.16. The van der Waals surface area contributed by atoms with Gasteiger partial charge < -0.3 is 11.1 Å². The van der Waals surface area contributed by atoms with Crippen molar-refractivity contribution < 1.29 is 9.59 Å². The average molecular weight is 476 g/mol. The number of hydrogen-bond acceptors (Lipinski definition) is 4. The number of nitrogens with zero attached hydrogens (tertiary/aromatic N) is 1. The molecule has 3 N–H and O–H groups in total. The standard InChI is InChI=1S/C26H22ClN3O2S/c1-14-21(25(32)30-26-22(24(28)31)18-7-3-5-9-20(18)33-26)17-6-2-4-8-19(17)29-23(14)15-10-12-16(27)13-11-15/h2,4,6,8,10-13H,3,5,7,9H2,1H3,(H2,28,31)(H,30,32). The molecule has 33 heavy (non-hydrogen) atoms. The highest BCUT2D eigenvalue weighted by atomic mass is 35.5. The van der Waals surface area contributed by atoms with E-state index in [0.29, 0.717) is 21.2 Å². The fourth-order valence-electron chi connectivity index (χ4n) is 4.57. The lowest BCUT2D eigenvalue weighted by Crippen LogP contribution is -2.19. The van der Waals surface area contributed by atoms with Crippen molar-refractivity contribution in [1.29, 1.82) is 0 Å². The highest BCUT2D eigenvalue weighted by Gasteiger charge is 2.26. The Morgan fingerprint density at radius 2 is 1.76 bits per heavy atom. The van der Waals surface area contributed by atoms with E-state index in [-0.39, 0.29) is 5.91 Å². The quantitative estimate of drug-likeness (QED) is 0.371. The molecule has 0 atom stereocenters. The summed E-state index contributed by atoms with van der Waals surface area (Å²) < 4.78 is 0. The molecule has 2 aromatic heterocycles. The van der Waals surface area contributed by atoms with Crippen LogP contribution in [-0.4, -0.2) is 16.8 Å². The minimum absolute atomic E-state index is 0.276. The van der Waals surface area contributed by atoms with Gasteiger partial charge in [0.25, 0.3) is 11.8 Å². The molecule has 2 aromatic carbocycles. The van der Waals surface area contributed by atoms with Crippen LogP contribution in [0.1, 0.15) is 49.6 Å². The Hall–Kier alpha value is -3.22. The molecule has 0 bridgehead atoms. The second-order valence-electron chi connectivity index (χ2n) is 8.22. The molecule has 0 unspecified atom stereocenters. The molecule has 0 saturated carbocycles. The number of carbonyl (C=O) groups excluding carboxylic acids is 2. The van der Waals surface area contributed by atoms with Crippen LogP contribution in [0.25, 0.3) is 22.2 Å². The Morgan fingerprint density at radius 1 is 1.03 bits per heavy atom. The summed E-state index contributed by atoms with van der Waals surface area (Å²) in [6.07, 6.45) is 3.83. The minimum Gasteiger partial charge on any atom is -0.365 e. The number of rotatable bonds is 4. The Balaban J connectivity index is 1.64. The third-order valence-corrected chi connectivity index (χ3v) is 7.58. The Bertz CT molecular complexity index is 1410. The van der Waals surface area contributed by atoms with Crippen LogP contribution in [0.2, 0.25) is 5.02 Å². The van der Waals surface area contributed by atoms with Crippen LogP contribution in [0.15, 0.2) is 48.5 Å². The first kappa shape index (κ1) is 21.6. The number of nitrogens with two attached hydrogens (primary N) is 1. The lowest BCUT2D eigenvalue weighted by molar-refractivity contribution is 0.100. The van der Waals surface area contributed by atoms with E-state index in [4.69, 9.17) is 22.3 Å². The number of carbonyl (C=O) groups is 2. The van der Waals surface area contributed by atoms with E-state index in [1.165, 1.54) is 11.3 Å². The van der Waals surface area contributed by atoms with Crippen LogP contribution in [0, 0.1) is 6.92 Å². The smallest absolute Gasteiger partial charge is 0.257 e. The van der Waals surface area contributed by atoms with Crippen molar-refractivity contribution in [3.8, 4) is 11.3 Å². The number of anilines is 1. The molecule has 1 aliphatic carbocycles. The number of benzene rings is 2. The van der Waals surface area contributed by atoms with Crippen molar-refractivity contribution >= 4 is 50.7 Å². The van der Waals surface area contributed by atoms with Crippen molar-refractivity contribution in [2.45, 2.75) is 32.6 Å². The number of aryl methyl sites for hydroxylation is 1. The maximum Gasteiger partial charge on any atom is 0.257 e. The molecule has 1 aliphatic rings. The van der Waals surface area contributed by atoms with Gasteiger partial charge in [-0.2, -0.15) is 0 Å². The fraction of sp³-hybridized carbons (Fsp3) is 0.192. The maximum atomic E-state index is 13.7. The van der Waals surface area contributed by atoms with Crippen molar-refractivity contribution in [2.75, 3.05) is 5.32 Å². The highest BCUT2D eigenvalue weighted by molar-refractivity contribution is 7.17. The Kier molecular flexibility index (Phi) is 5.64. The van der Waals surface area contributed by atoms with Crippen LogP contribution >= 0.6 is 22.9 Å². The normalized spacial score (nSPS) is 13.0. The van der Waals surface area contributed by atoms with Crippen LogP contribution in [0.5, 0.6) is 0 Å². The number of thiophene rings is 1. The van der Waals surface area contributed by atoms with Gasteiger partial charge in [-0.25, -0.2) is 4.98 Å². The van der Waals surface area contributed by atoms with E-state index < -0.39 is 5.91 Å². The second kappa shape index (κ2) is 8.61. The summed E-state index contributed by atoms with van der Waals surface area (Å²) in [6.45, 7) is 1.90. The number of halogens is 1. The summed E-state index contributed by atoms with van der Waals surface area (Å²) in [6, 6.07) is 15.0. The monoisotopic (exact) mass is 475 g/mol. The van der Waals surface area contributed by atoms with Crippen molar-refractivity contribution in [3.05, 3.63) is 80.7 Å². The lowest BCUT2D eigenvalue weighted by atomic mass is 9.95. The zero-order valence-electron chi connectivity index (χ0n) is 18.1. The molecule has 0 saturated heterocycles. The number of fused-ring (bicyclic) bond motifs is 2. The molecule has 5 rings (SSSR count). The summed E-state index contributed by atoms with van der Waals surface area (Å²) in [4.78, 5) is 31.9. The maximum absolute atomic E-state index is 13.7. The molecule has 4 aromatic rings. The van der Waals surface area contributed by atoms with E-state index in [1.807, 2.05) is 55.5 Å². The number of aromatic nitrogens is 1. The summed E-state index contributed by atoms with van der Waals surface area (Å²) in [7, 11) is 0. The van der Waals surface area contributed by atoms with Gasteiger partial charge in [0.2, 0.25) is 0 Å². The van der Waals surface area contributed by atoms with Crippen LogP contribution in [-0.2, 0) is 12.8 Å². The third-order valence-electron chi connectivity index (χ3n) is 6.13. The van der Waals surface area contributed by atoms with Gasteiger partial charge in [0.15, 0.2) is 0 Å². The Morgan fingerprint density at radius 3 is 2.52 bits per heavy atom. The molecule has 0 aliphatic heterocycles. The van der Waals surface area contributed by atoms with Crippen molar-refractivity contribution in [1.82, 2.24) is 4.98 Å². The van der Waals surface area contributed by atoms with Crippen LogP contribution in [0.3, 0.4) is 0 Å². The summed E-state index contributed by atoms with van der Waals surface area (Å²) in [5.41, 5.74) is 10.8. The highest BCUT2D eigenvalue weighted by Crippen LogP contribution is 2.39. The van der Waals surface area contributed by atoms with Crippen molar-refractivity contribution in [2.24, 2.45) is 5.73 Å². The van der Waals surface area contributed by atoms with Gasteiger partial charge >= 0.3 is 0 Å². The van der Waals surface area contributed by atoms with E-state index in [2.05, 4.69) is 5.32 Å². The van der Waals surface area contributed by atoms with Crippen LogP contribution in [0.4, 0.5) is 5.00 Å². The van der Waals surface area contributed by atoms with E-state index in [1.54, 1.807) is 0 Å². The van der Waals surface area contributed by atoms with E-state index >= 15 is 0 Å². The predicted molar refractivity (Wildman–Crippen MR) is 134 cm³/mol. The molecule has 0 fully saturated rings. The molecular formula is C26H22ClN3O2S. The third kappa shape index (κ3) is 3.90. The first-order valence-corrected chi connectivity index (χ1v) is 12.0. The largest absolute Gasteiger partial charge is 0.365 e.